The Hall–Kier alpha value is -0.810. The van der Waals surface area contributed by atoms with Gasteiger partial charge in [-0.05, 0) is 26.0 Å². The van der Waals surface area contributed by atoms with Crippen molar-refractivity contribution in [3.8, 4) is 0 Å². The molecule has 21 heavy (non-hydrogen) atoms. The van der Waals surface area contributed by atoms with Crippen molar-refractivity contribution in [3.63, 3.8) is 0 Å². The highest BCUT2D eigenvalue weighted by molar-refractivity contribution is 6.31. The normalized spacial score (nSPS) is 22.6. The molecule has 118 valence electrons. The van der Waals surface area contributed by atoms with E-state index in [9.17, 15) is 4.79 Å². The van der Waals surface area contributed by atoms with Gasteiger partial charge in [0.1, 0.15) is 0 Å². The summed E-state index contributed by atoms with van der Waals surface area (Å²) in [5.74, 6) is -0.742. The number of aliphatic carboxylic acids is 1. The zero-order valence-electron chi connectivity index (χ0n) is 12.0. The van der Waals surface area contributed by atoms with E-state index in [1.807, 2.05) is 24.3 Å². The first kappa shape index (κ1) is 18.2. The van der Waals surface area contributed by atoms with E-state index in [2.05, 4.69) is 11.8 Å². The van der Waals surface area contributed by atoms with Crippen LogP contribution in [0.25, 0.3) is 0 Å². The second kappa shape index (κ2) is 8.59. The van der Waals surface area contributed by atoms with E-state index >= 15 is 0 Å². The summed E-state index contributed by atoms with van der Waals surface area (Å²) in [6, 6.07) is 8.02. The maximum Gasteiger partial charge on any atom is 0.303 e. The SMILES string of the molecule is CC1COC(c2ccccc2Cl)CN1CCCC(=O)O.Cl. The van der Waals surface area contributed by atoms with Crippen LogP contribution in [0, 0.1) is 0 Å². The second-order valence-corrected chi connectivity index (χ2v) is 5.59. The standard InChI is InChI=1S/C15H20ClNO3.ClH/c1-11-10-20-14(12-5-2-3-6-13(12)16)9-17(11)8-4-7-15(18)19;/h2-3,5-6,11,14H,4,7-10H2,1H3,(H,18,19);1H. The molecule has 0 saturated carbocycles. The Morgan fingerprint density at radius 1 is 1.48 bits per heavy atom. The zero-order valence-corrected chi connectivity index (χ0v) is 13.6. The first-order chi connectivity index (χ1) is 9.58. The van der Waals surface area contributed by atoms with Crippen molar-refractivity contribution in [2.24, 2.45) is 0 Å². The number of carboxylic acids is 1. The van der Waals surface area contributed by atoms with Gasteiger partial charge in [0.15, 0.2) is 0 Å². The van der Waals surface area contributed by atoms with Crippen LogP contribution < -0.4 is 0 Å². The number of ether oxygens (including phenoxy) is 1. The molecule has 6 heteroatoms. The Balaban J connectivity index is 0.00000220. The summed E-state index contributed by atoms with van der Waals surface area (Å²) in [6.45, 7) is 4.27. The topological polar surface area (TPSA) is 49.8 Å². The van der Waals surface area contributed by atoms with Crippen LogP contribution >= 0.6 is 24.0 Å². The molecule has 0 aromatic heterocycles. The molecule has 2 atom stereocenters. The summed E-state index contributed by atoms with van der Waals surface area (Å²) in [6.07, 6.45) is 0.833. The lowest BCUT2D eigenvalue weighted by atomic mass is 10.1. The summed E-state index contributed by atoms with van der Waals surface area (Å²) in [5, 5.41) is 9.43. The number of rotatable bonds is 5. The average molecular weight is 334 g/mol. The average Bonchev–Trinajstić information content (AvgIpc) is 2.41. The van der Waals surface area contributed by atoms with Gasteiger partial charge >= 0.3 is 5.97 Å². The van der Waals surface area contributed by atoms with Gasteiger partial charge in [0.25, 0.3) is 0 Å². The third-order valence-corrected chi connectivity index (χ3v) is 3.99. The molecule has 1 heterocycles. The van der Waals surface area contributed by atoms with Crippen molar-refractivity contribution >= 4 is 30.0 Å². The van der Waals surface area contributed by atoms with E-state index in [0.29, 0.717) is 19.1 Å². The lowest BCUT2D eigenvalue weighted by Crippen LogP contribution is -2.45. The lowest BCUT2D eigenvalue weighted by molar-refractivity contribution is -0.137. The highest BCUT2D eigenvalue weighted by Gasteiger charge is 2.27. The fourth-order valence-electron chi connectivity index (χ4n) is 2.48. The van der Waals surface area contributed by atoms with E-state index < -0.39 is 5.97 Å². The molecule has 0 spiro atoms. The fraction of sp³-hybridized carbons (Fsp3) is 0.533. The number of carboxylic acid groups (broad SMARTS) is 1. The molecule has 4 nitrogen and oxygen atoms in total. The first-order valence-corrected chi connectivity index (χ1v) is 7.27. The Kier molecular flexibility index (Phi) is 7.46. The maximum atomic E-state index is 10.6. The van der Waals surface area contributed by atoms with Gasteiger partial charge in [0.2, 0.25) is 0 Å². The van der Waals surface area contributed by atoms with Gasteiger partial charge in [-0.3, -0.25) is 9.69 Å². The van der Waals surface area contributed by atoms with Crippen molar-refractivity contribution in [1.82, 2.24) is 4.90 Å². The molecule has 2 unspecified atom stereocenters. The highest BCUT2D eigenvalue weighted by atomic mass is 35.5. The Bertz CT molecular complexity index is 470. The molecule has 1 aliphatic heterocycles. The molecule has 1 aromatic rings. The Morgan fingerprint density at radius 2 is 2.19 bits per heavy atom. The minimum Gasteiger partial charge on any atom is -0.481 e. The molecule has 0 aliphatic carbocycles. The fourth-order valence-corrected chi connectivity index (χ4v) is 2.73. The summed E-state index contributed by atoms with van der Waals surface area (Å²) in [4.78, 5) is 12.9. The number of benzene rings is 1. The van der Waals surface area contributed by atoms with Crippen molar-refractivity contribution in [1.29, 1.82) is 0 Å². The number of hydrogen-bond donors (Lipinski definition) is 1. The maximum absolute atomic E-state index is 10.6. The van der Waals surface area contributed by atoms with Crippen molar-refractivity contribution in [2.45, 2.75) is 31.9 Å². The molecular weight excluding hydrogens is 313 g/mol. The lowest BCUT2D eigenvalue weighted by Gasteiger charge is -2.38. The van der Waals surface area contributed by atoms with Crippen LogP contribution in [0.5, 0.6) is 0 Å². The van der Waals surface area contributed by atoms with Crippen LogP contribution in [0.15, 0.2) is 24.3 Å². The van der Waals surface area contributed by atoms with Gasteiger partial charge in [-0.1, -0.05) is 29.8 Å². The Morgan fingerprint density at radius 3 is 2.86 bits per heavy atom. The van der Waals surface area contributed by atoms with E-state index in [1.54, 1.807) is 0 Å². The predicted molar refractivity (Wildman–Crippen MR) is 85.3 cm³/mol. The minimum atomic E-state index is -0.742. The largest absolute Gasteiger partial charge is 0.481 e. The number of hydrogen-bond acceptors (Lipinski definition) is 3. The summed E-state index contributed by atoms with van der Waals surface area (Å²) < 4.78 is 5.87. The molecule has 0 bridgehead atoms. The number of carbonyl (C=O) groups is 1. The van der Waals surface area contributed by atoms with Crippen LogP contribution in [0.4, 0.5) is 0 Å². The van der Waals surface area contributed by atoms with E-state index in [1.165, 1.54) is 0 Å². The van der Waals surface area contributed by atoms with Gasteiger partial charge in [-0.2, -0.15) is 0 Å². The van der Waals surface area contributed by atoms with Crippen LogP contribution in [-0.2, 0) is 9.53 Å². The summed E-state index contributed by atoms with van der Waals surface area (Å²) in [5.41, 5.74) is 1.00. The van der Waals surface area contributed by atoms with E-state index in [-0.39, 0.29) is 24.9 Å². The minimum absolute atomic E-state index is 0. The second-order valence-electron chi connectivity index (χ2n) is 5.18. The number of nitrogens with zero attached hydrogens (tertiary/aromatic N) is 1. The first-order valence-electron chi connectivity index (χ1n) is 6.90. The molecule has 1 aromatic carbocycles. The van der Waals surface area contributed by atoms with Crippen molar-refractivity contribution in [3.05, 3.63) is 34.9 Å². The monoisotopic (exact) mass is 333 g/mol. The van der Waals surface area contributed by atoms with Gasteiger partial charge < -0.3 is 9.84 Å². The van der Waals surface area contributed by atoms with Crippen molar-refractivity contribution < 1.29 is 14.6 Å². The zero-order chi connectivity index (χ0) is 14.5. The third kappa shape index (κ3) is 5.15. The van der Waals surface area contributed by atoms with Gasteiger partial charge in [-0.15, -0.1) is 12.4 Å². The molecule has 0 amide bonds. The molecular formula is C15H21Cl2NO3. The van der Waals surface area contributed by atoms with Crippen LogP contribution in [-0.4, -0.2) is 41.7 Å². The summed E-state index contributed by atoms with van der Waals surface area (Å²) in [7, 11) is 0. The highest BCUT2D eigenvalue weighted by Crippen LogP contribution is 2.29. The number of morpholine rings is 1. The number of halogens is 2. The quantitative estimate of drug-likeness (QED) is 0.897. The molecule has 0 radical (unpaired) electrons. The predicted octanol–water partition coefficient (Wildman–Crippen LogP) is 3.39. The van der Waals surface area contributed by atoms with Crippen LogP contribution in [0.2, 0.25) is 5.02 Å². The van der Waals surface area contributed by atoms with Gasteiger partial charge in [0.05, 0.1) is 12.7 Å². The third-order valence-electron chi connectivity index (χ3n) is 3.65. The molecule has 1 aliphatic rings. The molecule has 1 fully saturated rings. The molecule has 1 saturated heterocycles. The van der Waals surface area contributed by atoms with Crippen LogP contribution in [0.3, 0.4) is 0 Å². The van der Waals surface area contributed by atoms with Crippen LogP contribution in [0.1, 0.15) is 31.4 Å². The van der Waals surface area contributed by atoms with E-state index in [0.717, 1.165) is 23.7 Å². The van der Waals surface area contributed by atoms with E-state index in [4.69, 9.17) is 21.4 Å². The molecule has 2 rings (SSSR count). The van der Waals surface area contributed by atoms with Crippen molar-refractivity contribution in [2.75, 3.05) is 19.7 Å². The molecule has 1 N–H and O–H groups in total. The Labute approximate surface area is 136 Å². The van der Waals surface area contributed by atoms with Gasteiger partial charge in [-0.25, -0.2) is 0 Å². The van der Waals surface area contributed by atoms with Gasteiger partial charge in [0, 0.05) is 29.6 Å². The summed E-state index contributed by atoms with van der Waals surface area (Å²) >= 11 is 6.21. The smallest absolute Gasteiger partial charge is 0.303 e.